The molecule has 1 aromatic rings. The van der Waals surface area contributed by atoms with Crippen molar-refractivity contribution in [3.8, 4) is 11.5 Å². The van der Waals surface area contributed by atoms with Gasteiger partial charge in [-0.25, -0.2) is 0 Å². The highest BCUT2D eigenvalue weighted by atomic mass is 19.4. The molecular weight excluding hydrogens is 253 g/mol. The molecule has 18 heavy (non-hydrogen) atoms. The van der Waals surface area contributed by atoms with Crippen LogP contribution < -0.4 is 9.47 Å². The van der Waals surface area contributed by atoms with Gasteiger partial charge in [-0.3, -0.25) is 4.79 Å². The van der Waals surface area contributed by atoms with Crippen molar-refractivity contribution in [3.05, 3.63) is 23.3 Å². The van der Waals surface area contributed by atoms with E-state index >= 15 is 0 Å². The molecule has 0 radical (unpaired) electrons. The van der Waals surface area contributed by atoms with Gasteiger partial charge in [0.1, 0.15) is 24.0 Å². The quantitative estimate of drug-likeness (QED) is 0.888. The lowest BCUT2D eigenvalue weighted by molar-refractivity contribution is -0.140. The highest BCUT2D eigenvalue weighted by molar-refractivity contribution is 5.80. The average Bonchev–Trinajstić information content (AvgIpc) is 2.69. The number of alkyl halides is 3. The number of methoxy groups -OCH3 is 1. The van der Waals surface area contributed by atoms with E-state index in [1.54, 1.807) is 0 Å². The Kier molecular flexibility index (Phi) is 2.84. The first-order valence-corrected chi connectivity index (χ1v) is 5.00. The second kappa shape index (κ2) is 4.08. The maximum absolute atomic E-state index is 12.8. The minimum Gasteiger partial charge on any atom is -0.496 e. The summed E-state index contributed by atoms with van der Waals surface area (Å²) in [6, 6.07) is 1.94. The first-order chi connectivity index (χ1) is 8.36. The number of benzene rings is 1. The lowest BCUT2D eigenvalue weighted by atomic mass is 9.97. The van der Waals surface area contributed by atoms with Crippen LogP contribution in [0.5, 0.6) is 11.5 Å². The zero-order valence-electron chi connectivity index (χ0n) is 9.25. The van der Waals surface area contributed by atoms with E-state index < -0.39 is 29.4 Å². The van der Waals surface area contributed by atoms with E-state index in [2.05, 4.69) is 0 Å². The maximum Gasteiger partial charge on any atom is 0.419 e. The summed E-state index contributed by atoms with van der Waals surface area (Å²) in [7, 11) is 1.07. The molecule has 1 heterocycles. The highest BCUT2D eigenvalue weighted by Gasteiger charge is 2.41. The molecule has 1 aromatic carbocycles. The zero-order chi connectivity index (χ0) is 13.5. The van der Waals surface area contributed by atoms with E-state index in [-0.39, 0.29) is 17.9 Å². The maximum atomic E-state index is 12.8. The molecule has 0 amide bonds. The molecule has 0 aromatic heterocycles. The number of rotatable bonds is 2. The van der Waals surface area contributed by atoms with E-state index in [9.17, 15) is 18.0 Å². The molecule has 7 heteroatoms. The molecule has 1 N–H and O–H groups in total. The molecular formula is C11H9F3O4. The monoisotopic (exact) mass is 262 g/mol. The third kappa shape index (κ3) is 1.85. The molecule has 1 aliphatic rings. The lowest BCUT2D eigenvalue weighted by Gasteiger charge is -2.15. The van der Waals surface area contributed by atoms with Crippen LogP contribution in [-0.2, 0) is 11.0 Å². The molecule has 0 saturated heterocycles. The summed E-state index contributed by atoms with van der Waals surface area (Å²) in [6.07, 6.45) is -4.61. The van der Waals surface area contributed by atoms with Crippen LogP contribution in [0.25, 0.3) is 0 Å². The van der Waals surface area contributed by atoms with Gasteiger partial charge >= 0.3 is 12.1 Å². The van der Waals surface area contributed by atoms with Crippen molar-refractivity contribution in [2.24, 2.45) is 0 Å². The normalized spacial score (nSPS) is 18.1. The van der Waals surface area contributed by atoms with Gasteiger partial charge in [0.2, 0.25) is 0 Å². The Hall–Kier alpha value is -1.92. The second-order valence-corrected chi connectivity index (χ2v) is 3.76. The van der Waals surface area contributed by atoms with Gasteiger partial charge in [-0.05, 0) is 12.1 Å². The SMILES string of the molecule is COc1c(C(F)(F)F)ccc2c1C(C(=O)O)CO2. The Bertz CT molecular complexity index is 496. The summed E-state index contributed by atoms with van der Waals surface area (Å²) < 4.78 is 48.1. The van der Waals surface area contributed by atoms with Gasteiger partial charge < -0.3 is 14.6 Å². The van der Waals surface area contributed by atoms with Gasteiger partial charge in [0.15, 0.2) is 0 Å². The minimum absolute atomic E-state index is 0.0557. The third-order valence-electron chi connectivity index (χ3n) is 2.72. The lowest BCUT2D eigenvalue weighted by Crippen LogP contribution is -2.15. The fourth-order valence-electron chi connectivity index (χ4n) is 1.93. The van der Waals surface area contributed by atoms with Crippen LogP contribution in [0.15, 0.2) is 12.1 Å². The molecule has 0 spiro atoms. The molecule has 2 rings (SSSR count). The molecule has 0 bridgehead atoms. The summed E-state index contributed by atoms with van der Waals surface area (Å²) in [4.78, 5) is 11.0. The van der Waals surface area contributed by atoms with Gasteiger partial charge in [-0.2, -0.15) is 13.2 Å². The van der Waals surface area contributed by atoms with Gasteiger partial charge in [-0.1, -0.05) is 0 Å². The molecule has 0 aliphatic carbocycles. The van der Waals surface area contributed by atoms with Crippen LogP contribution in [0.2, 0.25) is 0 Å². The molecule has 0 saturated carbocycles. The van der Waals surface area contributed by atoms with Gasteiger partial charge in [-0.15, -0.1) is 0 Å². The number of ether oxygens (including phenoxy) is 2. The summed E-state index contributed by atoms with van der Waals surface area (Å²) in [6.45, 7) is -0.192. The van der Waals surface area contributed by atoms with Crippen molar-refractivity contribution < 1.29 is 32.5 Å². The largest absolute Gasteiger partial charge is 0.496 e. The molecule has 1 unspecified atom stereocenters. The predicted octanol–water partition coefficient (Wildman–Crippen LogP) is 2.27. The number of carboxylic acid groups (broad SMARTS) is 1. The first kappa shape index (κ1) is 12.5. The van der Waals surface area contributed by atoms with Crippen molar-refractivity contribution in [1.29, 1.82) is 0 Å². The van der Waals surface area contributed by atoms with E-state index in [0.29, 0.717) is 0 Å². The molecule has 1 aliphatic heterocycles. The number of halogens is 3. The number of carbonyl (C=O) groups is 1. The van der Waals surface area contributed by atoms with Crippen LogP contribution in [-0.4, -0.2) is 24.8 Å². The fraction of sp³-hybridized carbons (Fsp3) is 0.364. The van der Waals surface area contributed by atoms with Gasteiger partial charge in [0.05, 0.1) is 18.2 Å². The number of fused-ring (bicyclic) bond motifs is 1. The smallest absolute Gasteiger partial charge is 0.419 e. The Morgan fingerprint density at radius 2 is 2.17 bits per heavy atom. The van der Waals surface area contributed by atoms with Crippen molar-refractivity contribution in [1.82, 2.24) is 0 Å². The van der Waals surface area contributed by atoms with Crippen molar-refractivity contribution in [3.63, 3.8) is 0 Å². The molecule has 4 nitrogen and oxygen atoms in total. The van der Waals surface area contributed by atoms with Crippen LogP contribution >= 0.6 is 0 Å². The van der Waals surface area contributed by atoms with Crippen molar-refractivity contribution in [2.45, 2.75) is 12.1 Å². The average molecular weight is 262 g/mol. The number of hydrogen-bond acceptors (Lipinski definition) is 3. The molecule has 1 atom stereocenters. The van der Waals surface area contributed by atoms with Crippen LogP contribution in [0.3, 0.4) is 0 Å². The number of aliphatic carboxylic acids is 1. The van der Waals surface area contributed by atoms with E-state index in [0.717, 1.165) is 19.2 Å². The fourth-order valence-corrected chi connectivity index (χ4v) is 1.93. The Morgan fingerprint density at radius 1 is 1.50 bits per heavy atom. The standard InChI is InChI=1S/C11H9F3O4/c1-17-9-6(11(12,13)14)2-3-7-8(9)5(4-18-7)10(15)16/h2-3,5H,4H2,1H3,(H,15,16). The number of carboxylic acids is 1. The molecule has 0 fully saturated rings. The zero-order valence-corrected chi connectivity index (χ0v) is 9.25. The Labute approximate surface area is 99.9 Å². The number of hydrogen-bond donors (Lipinski definition) is 1. The van der Waals surface area contributed by atoms with Gasteiger partial charge in [0.25, 0.3) is 0 Å². The van der Waals surface area contributed by atoms with Gasteiger partial charge in [0, 0.05) is 0 Å². The summed E-state index contributed by atoms with van der Waals surface area (Å²) >= 11 is 0. The van der Waals surface area contributed by atoms with E-state index in [1.165, 1.54) is 0 Å². The topological polar surface area (TPSA) is 55.8 Å². The van der Waals surface area contributed by atoms with Crippen molar-refractivity contribution in [2.75, 3.05) is 13.7 Å². The molecule has 98 valence electrons. The minimum atomic E-state index is -4.61. The third-order valence-corrected chi connectivity index (χ3v) is 2.72. The van der Waals surface area contributed by atoms with Crippen LogP contribution in [0.1, 0.15) is 17.0 Å². The van der Waals surface area contributed by atoms with Crippen LogP contribution in [0, 0.1) is 0 Å². The summed E-state index contributed by atoms with van der Waals surface area (Å²) in [5, 5.41) is 8.96. The van der Waals surface area contributed by atoms with E-state index in [1.807, 2.05) is 0 Å². The Balaban J connectivity index is 2.64. The van der Waals surface area contributed by atoms with E-state index in [4.69, 9.17) is 14.6 Å². The first-order valence-electron chi connectivity index (χ1n) is 5.00. The summed E-state index contributed by atoms with van der Waals surface area (Å²) in [5.74, 6) is -2.75. The summed E-state index contributed by atoms with van der Waals surface area (Å²) in [5.41, 5.74) is -1.06. The Morgan fingerprint density at radius 3 is 2.67 bits per heavy atom. The second-order valence-electron chi connectivity index (χ2n) is 3.76. The van der Waals surface area contributed by atoms with Crippen LogP contribution in [0.4, 0.5) is 13.2 Å². The highest BCUT2D eigenvalue weighted by Crippen LogP contribution is 2.47. The van der Waals surface area contributed by atoms with Crippen molar-refractivity contribution >= 4 is 5.97 Å². The predicted molar refractivity (Wildman–Crippen MR) is 53.9 cm³/mol.